The van der Waals surface area contributed by atoms with Crippen molar-refractivity contribution in [1.82, 2.24) is 15.5 Å². The molecule has 3 amide bonds. The van der Waals surface area contributed by atoms with Gasteiger partial charge in [0.1, 0.15) is 17.7 Å². The van der Waals surface area contributed by atoms with Gasteiger partial charge in [-0.25, -0.2) is 4.79 Å². The molecule has 7 heteroatoms. The number of alkyl carbamates (subject to hydrolysis) is 1. The third-order valence-electron chi connectivity index (χ3n) is 6.42. The molecule has 0 spiro atoms. The van der Waals surface area contributed by atoms with Crippen LogP contribution >= 0.6 is 0 Å². The minimum absolute atomic E-state index is 0.0461. The summed E-state index contributed by atoms with van der Waals surface area (Å²) in [5, 5.41) is 5.87. The second-order valence-corrected chi connectivity index (χ2v) is 11.0. The molecule has 1 aromatic carbocycles. The molecular weight excluding hydrogens is 442 g/mol. The van der Waals surface area contributed by atoms with Gasteiger partial charge in [-0.2, -0.15) is 0 Å². The Kier molecular flexibility index (Phi) is 10.6. The van der Waals surface area contributed by atoms with Gasteiger partial charge in [-0.15, -0.1) is 0 Å². The van der Waals surface area contributed by atoms with Crippen LogP contribution in [0.3, 0.4) is 0 Å². The first-order valence-electron chi connectivity index (χ1n) is 13.1. The molecule has 1 aliphatic rings. The molecule has 2 atom stereocenters. The number of carbonyl (C=O) groups is 3. The van der Waals surface area contributed by atoms with E-state index in [1.807, 2.05) is 45.0 Å². The number of hydrogen-bond donors (Lipinski definition) is 2. The van der Waals surface area contributed by atoms with Crippen molar-refractivity contribution in [2.75, 3.05) is 6.54 Å². The fourth-order valence-electron chi connectivity index (χ4n) is 4.29. The maximum atomic E-state index is 14.1. The molecule has 1 saturated carbocycles. The summed E-state index contributed by atoms with van der Waals surface area (Å²) in [7, 11) is 0. The van der Waals surface area contributed by atoms with Gasteiger partial charge in [0.2, 0.25) is 11.8 Å². The van der Waals surface area contributed by atoms with Crippen LogP contribution in [0.15, 0.2) is 24.3 Å². The van der Waals surface area contributed by atoms with Crippen molar-refractivity contribution in [3.63, 3.8) is 0 Å². The van der Waals surface area contributed by atoms with E-state index in [1.165, 1.54) is 0 Å². The van der Waals surface area contributed by atoms with Crippen LogP contribution in [-0.4, -0.2) is 47.0 Å². The largest absolute Gasteiger partial charge is 0.444 e. The lowest BCUT2D eigenvalue weighted by atomic mass is 9.86. The number of rotatable bonds is 11. The molecule has 0 saturated heterocycles. The number of nitrogens with one attached hydrogen (secondary N) is 2. The molecule has 2 N–H and O–H groups in total. The van der Waals surface area contributed by atoms with Crippen molar-refractivity contribution in [3.8, 4) is 0 Å². The van der Waals surface area contributed by atoms with Gasteiger partial charge < -0.3 is 20.3 Å². The topological polar surface area (TPSA) is 87.7 Å². The molecule has 0 bridgehead atoms. The smallest absolute Gasteiger partial charge is 0.408 e. The van der Waals surface area contributed by atoms with Crippen LogP contribution < -0.4 is 10.6 Å². The van der Waals surface area contributed by atoms with E-state index < -0.39 is 23.8 Å². The van der Waals surface area contributed by atoms with E-state index in [0.29, 0.717) is 6.54 Å². The molecular formula is C28H45N3O4. The van der Waals surface area contributed by atoms with Gasteiger partial charge >= 0.3 is 6.09 Å². The van der Waals surface area contributed by atoms with Gasteiger partial charge in [0.05, 0.1) is 0 Å². The highest BCUT2D eigenvalue weighted by molar-refractivity contribution is 5.92. The molecule has 7 nitrogen and oxygen atoms in total. The highest BCUT2D eigenvalue weighted by atomic mass is 16.6. The van der Waals surface area contributed by atoms with Gasteiger partial charge in [0.15, 0.2) is 0 Å². The fourth-order valence-corrected chi connectivity index (χ4v) is 4.29. The number of unbranched alkanes of at least 4 members (excludes halogenated alkanes) is 2. The molecule has 35 heavy (non-hydrogen) atoms. The number of carbonyl (C=O) groups excluding carboxylic acids is 3. The van der Waals surface area contributed by atoms with E-state index in [1.54, 1.807) is 25.7 Å². The minimum atomic E-state index is -0.801. The quantitative estimate of drug-likeness (QED) is 0.416. The maximum Gasteiger partial charge on any atom is 0.408 e. The Bertz CT molecular complexity index is 858. The lowest BCUT2D eigenvalue weighted by Crippen LogP contribution is -2.59. The van der Waals surface area contributed by atoms with Crippen LogP contribution in [0, 0.1) is 12.8 Å². The fraction of sp³-hybridized carbons (Fsp3) is 0.679. The number of nitrogens with zero attached hydrogens (tertiary/aromatic N) is 1. The summed E-state index contributed by atoms with van der Waals surface area (Å²) in [6.45, 7) is 13.8. The Hall–Kier alpha value is -2.57. The summed E-state index contributed by atoms with van der Waals surface area (Å²) in [6.07, 6.45) is 5.07. The highest BCUT2D eigenvalue weighted by Gasteiger charge is 2.43. The van der Waals surface area contributed by atoms with Crippen molar-refractivity contribution >= 4 is 17.9 Å². The van der Waals surface area contributed by atoms with E-state index in [0.717, 1.165) is 49.7 Å². The van der Waals surface area contributed by atoms with E-state index >= 15 is 0 Å². The van der Waals surface area contributed by atoms with Crippen molar-refractivity contribution in [2.24, 2.45) is 5.92 Å². The third kappa shape index (κ3) is 8.25. The zero-order valence-electron chi connectivity index (χ0n) is 22.6. The molecule has 0 radical (unpaired) electrons. The normalized spacial score (nSPS) is 15.7. The summed E-state index contributed by atoms with van der Waals surface area (Å²) >= 11 is 0. The molecule has 2 unspecified atom stereocenters. The first kappa shape index (κ1) is 28.7. The zero-order valence-corrected chi connectivity index (χ0v) is 22.6. The van der Waals surface area contributed by atoms with Gasteiger partial charge in [-0.05, 0) is 70.4 Å². The molecule has 0 aliphatic heterocycles. The van der Waals surface area contributed by atoms with Gasteiger partial charge in [-0.1, -0.05) is 57.9 Å². The highest BCUT2D eigenvalue weighted by Crippen LogP contribution is 2.35. The molecule has 1 aliphatic carbocycles. The number of amides is 3. The van der Waals surface area contributed by atoms with E-state index in [4.69, 9.17) is 4.74 Å². The van der Waals surface area contributed by atoms with Crippen molar-refractivity contribution < 1.29 is 19.1 Å². The van der Waals surface area contributed by atoms with Gasteiger partial charge in [0.25, 0.3) is 0 Å². The first-order valence-corrected chi connectivity index (χ1v) is 13.1. The van der Waals surface area contributed by atoms with Crippen LogP contribution in [0.4, 0.5) is 4.79 Å². The van der Waals surface area contributed by atoms with Crippen molar-refractivity contribution in [2.45, 2.75) is 111 Å². The summed E-state index contributed by atoms with van der Waals surface area (Å²) in [6, 6.07) is 6.14. The van der Waals surface area contributed by atoms with Crippen molar-refractivity contribution in [3.05, 3.63) is 35.4 Å². The lowest BCUT2D eigenvalue weighted by molar-refractivity contribution is -0.148. The Balaban J connectivity index is 2.42. The van der Waals surface area contributed by atoms with Crippen LogP contribution in [0.5, 0.6) is 0 Å². The second kappa shape index (κ2) is 12.9. The van der Waals surface area contributed by atoms with Gasteiger partial charge in [-0.3, -0.25) is 9.59 Å². The predicted molar refractivity (Wildman–Crippen MR) is 139 cm³/mol. The average molecular weight is 488 g/mol. The van der Waals surface area contributed by atoms with Crippen LogP contribution in [0.1, 0.15) is 97.2 Å². The molecule has 2 rings (SSSR count). The standard InChI is InChI=1S/C28H45N3O4/c1-8-9-12-18-29-25(32)24(22-17-11-10-14-20(22)4)31(21-15-13-16-21)26(33)23(19(2)3)30-27(34)35-28(5,6)7/h10-11,14,17,19,21,23-24H,8-9,12-13,15-16,18H2,1-7H3,(H,29,32)(H,30,34). The van der Waals surface area contributed by atoms with Crippen molar-refractivity contribution in [1.29, 1.82) is 0 Å². The van der Waals surface area contributed by atoms with Crippen LogP contribution in [0.2, 0.25) is 0 Å². The van der Waals surface area contributed by atoms with Gasteiger partial charge in [0, 0.05) is 12.6 Å². The minimum Gasteiger partial charge on any atom is -0.444 e. The molecule has 196 valence electrons. The van der Waals surface area contributed by atoms with Crippen LogP contribution in [-0.2, 0) is 14.3 Å². The summed E-state index contributed by atoms with van der Waals surface area (Å²) in [5.41, 5.74) is 1.10. The Labute approximate surface area is 211 Å². The number of aryl methyl sites for hydroxylation is 1. The number of benzene rings is 1. The number of hydrogen-bond acceptors (Lipinski definition) is 4. The number of ether oxygens (including phenoxy) is 1. The summed E-state index contributed by atoms with van der Waals surface area (Å²) < 4.78 is 5.44. The summed E-state index contributed by atoms with van der Waals surface area (Å²) in [4.78, 5) is 42.1. The molecule has 1 fully saturated rings. The Morgan fingerprint density at radius 2 is 1.77 bits per heavy atom. The lowest BCUT2D eigenvalue weighted by Gasteiger charge is -2.44. The summed E-state index contributed by atoms with van der Waals surface area (Å²) in [5.74, 6) is -0.592. The third-order valence-corrected chi connectivity index (χ3v) is 6.42. The Morgan fingerprint density at radius 3 is 2.29 bits per heavy atom. The predicted octanol–water partition coefficient (Wildman–Crippen LogP) is 5.27. The Morgan fingerprint density at radius 1 is 1.11 bits per heavy atom. The zero-order chi connectivity index (χ0) is 26.2. The second-order valence-electron chi connectivity index (χ2n) is 11.0. The van der Waals surface area contributed by atoms with E-state index in [9.17, 15) is 14.4 Å². The maximum absolute atomic E-state index is 14.1. The molecule has 1 aromatic rings. The van der Waals surface area contributed by atoms with Crippen LogP contribution in [0.25, 0.3) is 0 Å². The molecule has 0 aromatic heterocycles. The van der Waals surface area contributed by atoms with E-state index in [-0.39, 0.29) is 23.8 Å². The SMILES string of the molecule is CCCCCNC(=O)C(c1ccccc1C)N(C(=O)C(NC(=O)OC(C)(C)C)C(C)C)C1CCC1. The van der Waals surface area contributed by atoms with E-state index in [2.05, 4.69) is 17.6 Å². The first-order chi connectivity index (χ1) is 16.5. The average Bonchev–Trinajstić information content (AvgIpc) is 2.72. The monoisotopic (exact) mass is 487 g/mol. The molecule has 0 heterocycles.